The lowest BCUT2D eigenvalue weighted by atomic mass is 10.2. The van der Waals surface area contributed by atoms with Crippen LogP contribution in [0.15, 0.2) is 0 Å². The molecule has 1 aliphatic heterocycles. The molecule has 3 nitrogen and oxygen atoms in total. The highest BCUT2D eigenvalue weighted by atomic mass is 32.2. The van der Waals surface area contributed by atoms with E-state index in [2.05, 4.69) is 30.5 Å². The zero-order valence-electron chi connectivity index (χ0n) is 9.29. The van der Waals surface area contributed by atoms with Crippen molar-refractivity contribution in [3.63, 3.8) is 0 Å². The van der Waals surface area contributed by atoms with Crippen molar-refractivity contribution >= 4 is 11.8 Å². The van der Waals surface area contributed by atoms with Crippen molar-refractivity contribution in [3.05, 3.63) is 0 Å². The number of ether oxygens (including phenoxy) is 1. The first-order chi connectivity index (χ1) is 6.64. The maximum absolute atomic E-state index is 5.38. The average molecular weight is 218 g/mol. The Kier molecular flexibility index (Phi) is 5.23. The number of hydrogen-bond donors (Lipinski definition) is 1. The van der Waals surface area contributed by atoms with E-state index in [0.29, 0.717) is 17.9 Å². The number of rotatable bonds is 5. The molecule has 0 aromatic rings. The zero-order valence-corrected chi connectivity index (χ0v) is 10.1. The van der Waals surface area contributed by atoms with Gasteiger partial charge in [-0.05, 0) is 13.8 Å². The molecule has 0 aliphatic carbocycles. The molecule has 2 N–H and O–H groups in total. The smallest absolute Gasteiger partial charge is 0.0594 e. The molecule has 0 atom stereocenters. The summed E-state index contributed by atoms with van der Waals surface area (Å²) in [5.41, 5.74) is 5.35. The minimum absolute atomic E-state index is 0.409. The van der Waals surface area contributed by atoms with Crippen molar-refractivity contribution in [2.45, 2.75) is 18.6 Å². The van der Waals surface area contributed by atoms with Crippen LogP contribution in [0.25, 0.3) is 0 Å². The second-order valence-corrected chi connectivity index (χ2v) is 6.09. The van der Waals surface area contributed by atoms with E-state index in [1.807, 2.05) is 0 Å². The van der Waals surface area contributed by atoms with Crippen LogP contribution in [0.4, 0.5) is 0 Å². The summed E-state index contributed by atoms with van der Waals surface area (Å²) in [6.07, 6.45) is 0. The Labute approximate surface area is 91.4 Å². The fourth-order valence-corrected chi connectivity index (χ4v) is 2.86. The van der Waals surface area contributed by atoms with E-state index in [1.165, 1.54) is 18.8 Å². The van der Waals surface area contributed by atoms with Crippen LogP contribution in [0.1, 0.15) is 13.8 Å². The average Bonchev–Trinajstić information content (AvgIpc) is 2.11. The quantitative estimate of drug-likeness (QED) is 0.693. The Morgan fingerprint density at radius 3 is 2.86 bits per heavy atom. The molecule has 0 aromatic heterocycles. The van der Waals surface area contributed by atoms with Gasteiger partial charge >= 0.3 is 0 Å². The van der Waals surface area contributed by atoms with Crippen LogP contribution in [0.3, 0.4) is 0 Å². The number of hydrogen-bond acceptors (Lipinski definition) is 4. The Bertz CT molecular complexity index is 164. The van der Waals surface area contributed by atoms with Crippen LogP contribution < -0.4 is 5.73 Å². The molecule has 0 radical (unpaired) electrons. The third-order valence-electron chi connectivity index (χ3n) is 2.32. The van der Waals surface area contributed by atoms with E-state index < -0.39 is 0 Å². The van der Waals surface area contributed by atoms with Crippen LogP contribution in [0.5, 0.6) is 0 Å². The summed E-state index contributed by atoms with van der Waals surface area (Å²) in [5, 5.41) is 0. The first-order valence-electron chi connectivity index (χ1n) is 5.28. The fourth-order valence-electron chi connectivity index (χ4n) is 1.68. The summed E-state index contributed by atoms with van der Waals surface area (Å²) in [6.45, 7) is 10.2. The van der Waals surface area contributed by atoms with Gasteiger partial charge in [0.1, 0.15) is 0 Å². The van der Waals surface area contributed by atoms with Crippen LogP contribution in [-0.4, -0.2) is 54.8 Å². The second kappa shape index (κ2) is 5.95. The van der Waals surface area contributed by atoms with Gasteiger partial charge in [0, 0.05) is 36.7 Å². The SMILES string of the molecule is CC1(C)CN(CCOCCN)CCS1. The lowest BCUT2D eigenvalue weighted by Gasteiger charge is -2.37. The molecule has 4 heteroatoms. The zero-order chi connectivity index (χ0) is 10.4. The van der Waals surface area contributed by atoms with Crippen LogP contribution >= 0.6 is 11.8 Å². The summed E-state index contributed by atoms with van der Waals surface area (Å²) in [7, 11) is 0. The van der Waals surface area contributed by atoms with E-state index in [1.54, 1.807) is 0 Å². The van der Waals surface area contributed by atoms with Crippen molar-refractivity contribution in [2.24, 2.45) is 5.73 Å². The minimum Gasteiger partial charge on any atom is -0.379 e. The highest BCUT2D eigenvalue weighted by Crippen LogP contribution is 2.29. The van der Waals surface area contributed by atoms with E-state index in [-0.39, 0.29) is 0 Å². The standard InChI is InChI=1S/C10H22N2OS/c1-10(2)9-12(5-8-14-10)4-7-13-6-3-11/h3-9,11H2,1-2H3. The van der Waals surface area contributed by atoms with Crippen molar-refractivity contribution in [1.29, 1.82) is 0 Å². The molecule has 0 aromatic carbocycles. The Hall–Kier alpha value is 0.230. The summed E-state index contributed by atoms with van der Waals surface area (Å²) in [6, 6.07) is 0. The molecule has 0 bridgehead atoms. The summed E-state index contributed by atoms with van der Waals surface area (Å²) < 4.78 is 5.79. The van der Waals surface area contributed by atoms with Crippen LogP contribution in [0.2, 0.25) is 0 Å². The van der Waals surface area contributed by atoms with Crippen LogP contribution in [-0.2, 0) is 4.74 Å². The van der Waals surface area contributed by atoms with Gasteiger partial charge in [-0.1, -0.05) is 0 Å². The van der Waals surface area contributed by atoms with Gasteiger partial charge in [-0.25, -0.2) is 0 Å². The van der Waals surface area contributed by atoms with Gasteiger partial charge in [-0.3, -0.25) is 4.90 Å². The van der Waals surface area contributed by atoms with Gasteiger partial charge in [0.15, 0.2) is 0 Å². The summed E-state index contributed by atoms with van der Waals surface area (Å²) >= 11 is 2.07. The Morgan fingerprint density at radius 1 is 1.43 bits per heavy atom. The maximum atomic E-state index is 5.38. The third-order valence-corrected chi connectivity index (χ3v) is 3.62. The number of nitrogens with two attached hydrogens (primary N) is 1. The Balaban J connectivity index is 2.12. The molecule has 14 heavy (non-hydrogen) atoms. The lowest BCUT2D eigenvalue weighted by molar-refractivity contribution is 0.107. The molecule has 1 heterocycles. The molecule has 84 valence electrons. The summed E-state index contributed by atoms with van der Waals surface area (Å²) in [4.78, 5) is 2.48. The highest BCUT2D eigenvalue weighted by molar-refractivity contribution is 8.00. The highest BCUT2D eigenvalue weighted by Gasteiger charge is 2.26. The second-order valence-electron chi connectivity index (χ2n) is 4.29. The predicted octanol–water partition coefficient (Wildman–Crippen LogP) is 0.789. The van der Waals surface area contributed by atoms with E-state index in [0.717, 1.165) is 13.2 Å². The molecular weight excluding hydrogens is 196 g/mol. The molecule has 0 saturated carbocycles. The van der Waals surface area contributed by atoms with Crippen molar-refractivity contribution in [3.8, 4) is 0 Å². The fraction of sp³-hybridized carbons (Fsp3) is 1.00. The molecule has 1 aliphatic rings. The van der Waals surface area contributed by atoms with Crippen molar-refractivity contribution < 1.29 is 4.74 Å². The molecule has 1 fully saturated rings. The largest absolute Gasteiger partial charge is 0.379 e. The maximum Gasteiger partial charge on any atom is 0.0594 e. The summed E-state index contributed by atoms with van der Waals surface area (Å²) in [5.74, 6) is 1.24. The molecule has 1 rings (SSSR count). The van der Waals surface area contributed by atoms with Gasteiger partial charge in [-0.2, -0.15) is 11.8 Å². The molecule has 0 unspecified atom stereocenters. The van der Waals surface area contributed by atoms with Crippen molar-refractivity contribution in [2.75, 3.05) is 45.1 Å². The molecule has 1 saturated heterocycles. The first-order valence-corrected chi connectivity index (χ1v) is 6.27. The molecular formula is C10H22N2OS. The number of thioether (sulfide) groups is 1. The lowest BCUT2D eigenvalue weighted by Crippen LogP contribution is -2.44. The van der Waals surface area contributed by atoms with Gasteiger partial charge in [0.2, 0.25) is 0 Å². The minimum atomic E-state index is 0.409. The molecule has 0 spiro atoms. The van der Waals surface area contributed by atoms with E-state index in [9.17, 15) is 0 Å². The van der Waals surface area contributed by atoms with Gasteiger partial charge in [0.25, 0.3) is 0 Å². The van der Waals surface area contributed by atoms with Crippen LogP contribution in [0, 0.1) is 0 Å². The Morgan fingerprint density at radius 2 is 2.21 bits per heavy atom. The third kappa shape index (κ3) is 4.64. The topological polar surface area (TPSA) is 38.5 Å². The monoisotopic (exact) mass is 218 g/mol. The van der Waals surface area contributed by atoms with Gasteiger partial charge in [-0.15, -0.1) is 0 Å². The van der Waals surface area contributed by atoms with E-state index in [4.69, 9.17) is 10.5 Å². The first kappa shape index (κ1) is 12.3. The predicted molar refractivity (Wildman–Crippen MR) is 62.9 cm³/mol. The molecule has 0 amide bonds. The van der Waals surface area contributed by atoms with Gasteiger partial charge < -0.3 is 10.5 Å². The van der Waals surface area contributed by atoms with Gasteiger partial charge in [0.05, 0.1) is 13.2 Å². The number of nitrogens with zero attached hydrogens (tertiary/aromatic N) is 1. The normalized spacial score (nSPS) is 22.5. The van der Waals surface area contributed by atoms with Crippen molar-refractivity contribution in [1.82, 2.24) is 4.90 Å². The van der Waals surface area contributed by atoms with E-state index >= 15 is 0 Å².